The van der Waals surface area contributed by atoms with E-state index in [0.717, 1.165) is 46.5 Å². The number of aromatic nitrogens is 2. The van der Waals surface area contributed by atoms with Gasteiger partial charge in [0.2, 0.25) is 11.8 Å². The molecule has 0 radical (unpaired) electrons. The van der Waals surface area contributed by atoms with Crippen molar-refractivity contribution < 1.29 is 52.8 Å². The molecular formula is C40H20N6O13. The number of benzene rings is 4. The van der Waals surface area contributed by atoms with E-state index < -0.39 is 45.4 Å². The minimum atomic E-state index is -0.901. The first-order valence-corrected chi connectivity index (χ1v) is 16.9. The molecular weight excluding hydrogens is 772 g/mol. The van der Waals surface area contributed by atoms with Crippen molar-refractivity contribution in [1.29, 1.82) is 0 Å². The average molecular weight is 793 g/mol. The summed E-state index contributed by atoms with van der Waals surface area (Å²) in [4.78, 5) is 108. The summed E-state index contributed by atoms with van der Waals surface area (Å²) in [6.07, 6.45) is 1.85. The van der Waals surface area contributed by atoms with Gasteiger partial charge in [0.1, 0.15) is 23.9 Å². The van der Waals surface area contributed by atoms with Crippen molar-refractivity contribution >= 4 is 58.3 Å². The molecule has 2 aromatic heterocycles. The van der Waals surface area contributed by atoms with E-state index in [0.29, 0.717) is 11.5 Å². The lowest BCUT2D eigenvalue weighted by Gasteiger charge is -2.16. The second kappa shape index (κ2) is 14.6. The first kappa shape index (κ1) is 36.9. The topological polar surface area (TPSA) is 249 Å². The van der Waals surface area contributed by atoms with Gasteiger partial charge in [-0.05, 0) is 84.9 Å². The third-order valence-corrected chi connectivity index (χ3v) is 8.93. The maximum Gasteiger partial charge on any atom is 0.344 e. The van der Waals surface area contributed by atoms with Crippen molar-refractivity contribution in [3.63, 3.8) is 0 Å². The van der Waals surface area contributed by atoms with Gasteiger partial charge in [0, 0.05) is 24.3 Å². The van der Waals surface area contributed by atoms with Gasteiger partial charge >= 0.3 is 11.9 Å². The number of hydrogen-bond acceptors (Lipinski definition) is 15. The van der Waals surface area contributed by atoms with Crippen LogP contribution >= 0.6 is 0 Å². The van der Waals surface area contributed by atoms with Crippen LogP contribution in [-0.2, 0) is 0 Å². The van der Waals surface area contributed by atoms with Crippen molar-refractivity contribution in [2.24, 2.45) is 0 Å². The number of rotatable bonds is 10. The highest BCUT2D eigenvalue weighted by Crippen LogP contribution is 2.34. The lowest BCUT2D eigenvalue weighted by molar-refractivity contribution is -0.385. The van der Waals surface area contributed by atoms with Gasteiger partial charge in [-0.15, -0.1) is 0 Å². The van der Waals surface area contributed by atoms with Crippen LogP contribution in [0.3, 0.4) is 0 Å². The van der Waals surface area contributed by atoms with Crippen LogP contribution in [0.1, 0.15) is 62.1 Å². The minimum absolute atomic E-state index is 0.0419. The number of ether oxygens (including phenoxy) is 3. The van der Waals surface area contributed by atoms with Crippen LogP contribution in [0.15, 0.2) is 122 Å². The molecule has 288 valence electrons. The highest BCUT2D eigenvalue weighted by Gasteiger charge is 2.39. The maximum atomic E-state index is 13.4. The second-order valence-corrected chi connectivity index (χ2v) is 12.5. The van der Waals surface area contributed by atoms with E-state index in [2.05, 4.69) is 9.97 Å². The molecule has 19 nitrogen and oxygen atoms in total. The van der Waals surface area contributed by atoms with Crippen molar-refractivity contribution in [2.75, 3.05) is 9.80 Å². The molecule has 4 aromatic carbocycles. The smallest absolute Gasteiger partial charge is 0.344 e. The Kier molecular flexibility index (Phi) is 9.13. The molecule has 2 aliphatic heterocycles. The number of nitrogens with zero attached hydrogens (tertiary/aromatic N) is 6. The molecule has 59 heavy (non-hydrogen) atoms. The van der Waals surface area contributed by atoms with Gasteiger partial charge in [-0.25, -0.2) is 29.4 Å². The standard InChI is InChI=1S/C40H20N6O13/c47-35-29-13-1-21(39(51)58-33-15-7-25(19-41-33)45(53)54)17-31(29)37(49)43(35)23-3-9-27(10-4-23)57-28-11-5-24(6-12-28)44-36(48)30-14-2-22(18-32(30)38(44)50)40(52)59-34-16-8-26(20-42-34)46(55)56/h1-20H. The predicted octanol–water partition coefficient (Wildman–Crippen LogP) is 6.12. The largest absolute Gasteiger partial charge is 0.457 e. The number of nitro groups is 2. The van der Waals surface area contributed by atoms with Crippen LogP contribution in [0.2, 0.25) is 0 Å². The first-order chi connectivity index (χ1) is 28.4. The van der Waals surface area contributed by atoms with Gasteiger partial charge in [0.15, 0.2) is 0 Å². The summed E-state index contributed by atoms with van der Waals surface area (Å²) in [5, 5.41) is 21.7. The number of anilines is 2. The molecule has 0 atom stereocenters. The van der Waals surface area contributed by atoms with E-state index >= 15 is 0 Å². The van der Waals surface area contributed by atoms with Crippen LogP contribution in [0.25, 0.3) is 0 Å². The molecule has 0 spiro atoms. The summed E-state index contributed by atoms with van der Waals surface area (Å²) in [6, 6.07) is 24.1. The average Bonchev–Trinajstić information content (AvgIpc) is 3.64. The molecule has 0 aliphatic carbocycles. The lowest BCUT2D eigenvalue weighted by atomic mass is 10.1. The van der Waals surface area contributed by atoms with Crippen molar-refractivity contribution in [1.82, 2.24) is 9.97 Å². The van der Waals surface area contributed by atoms with Gasteiger partial charge in [-0.3, -0.25) is 39.4 Å². The first-order valence-electron chi connectivity index (χ1n) is 16.9. The molecule has 2 aliphatic rings. The van der Waals surface area contributed by atoms with Gasteiger partial charge in [-0.2, -0.15) is 0 Å². The zero-order valence-corrected chi connectivity index (χ0v) is 29.5. The summed E-state index contributed by atoms with van der Waals surface area (Å²) in [6.45, 7) is 0. The second-order valence-electron chi connectivity index (χ2n) is 12.5. The molecule has 0 N–H and O–H groups in total. The molecule has 19 heteroatoms. The van der Waals surface area contributed by atoms with E-state index in [1.807, 2.05) is 0 Å². The van der Waals surface area contributed by atoms with E-state index in [1.54, 1.807) is 0 Å². The zero-order valence-electron chi connectivity index (χ0n) is 29.5. The lowest BCUT2D eigenvalue weighted by Crippen LogP contribution is -2.29. The zero-order chi connectivity index (χ0) is 41.5. The molecule has 4 amide bonds. The summed E-state index contributed by atoms with van der Waals surface area (Å²) < 4.78 is 16.2. The number of amides is 4. The van der Waals surface area contributed by atoms with Crippen LogP contribution in [0.4, 0.5) is 22.7 Å². The molecule has 0 bridgehead atoms. The van der Waals surface area contributed by atoms with Gasteiger partial charge in [-0.1, -0.05) is 0 Å². The molecule has 8 rings (SSSR count). The Hall–Kier alpha value is -9.00. The van der Waals surface area contributed by atoms with Crippen molar-refractivity contribution in [3.05, 3.63) is 175 Å². The summed E-state index contributed by atoms with van der Waals surface area (Å²) in [7, 11) is 0. The summed E-state index contributed by atoms with van der Waals surface area (Å²) >= 11 is 0. The molecule has 4 heterocycles. The van der Waals surface area contributed by atoms with E-state index in [1.165, 1.54) is 84.9 Å². The number of imide groups is 2. The molecule has 0 saturated carbocycles. The van der Waals surface area contributed by atoms with Crippen LogP contribution < -0.4 is 24.0 Å². The number of carbonyl (C=O) groups is 6. The molecule has 0 saturated heterocycles. The van der Waals surface area contributed by atoms with Crippen molar-refractivity contribution in [2.45, 2.75) is 0 Å². The monoisotopic (exact) mass is 792 g/mol. The fraction of sp³-hybridized carbons (Fsp3) is 0. The highest BCUT2D eigenvalue weighted by molar-refractivity contribution is 6.35. The number of fused-ring (bicyclic) bond motifs is 2. The van der Waals surface area contributed by atoms with Gasteiger partial charge < -0.3 is 14.2 Å². The Labute approximate surface area is 328 Å². The predicted molar refractivity (Wildman–Crippen MR) is 200 cm³/mol. The third kappa shape index (κ3) is 6.93. The Morgan fingerprint density at radius 3 is 1.20 bits per heavy atom. The summed E-state index contributed by atoms with van der Waals surface area (Å²) in [5.74, 6) is -4.23. The normalized spacial score (nSPS) is 12.9. The molecule has 0 fully saturated rings. The quantitative estimate of drug-likeness (QED) is 0.0655. The van der Waals surface area contributed by atoms with Crippen LogP contribution in [0, 0.1) is 20.2 Å². The minimum Gasteiger partial charge on any atom is -0.457 e. The maximum absolute atomic E-state index is 13.4. The number of carbonyl (C=O) groups excluding carboxylic acids is 6. The Bertz CT molecular complexity index is 2620. The fourth-order valence-corrected chi connectivity index (χ4v) is 6.06. The van der Waals surface area contributed by atoms with Crippen LogP contribution in [0.5, 0.6) is 23.3 Å². The Morgan fingerprint density at radius 1 is 0.492 bits per heavy atom. The Morgan fingerprint density at radius 2 is 0.864 bits per heavy atom. The summed E-state index contributed by atoms with van der Waals surface area (Å²) in [5.41, 5.74) is -0.265. The van der Waals surface area contributed by atoms with Gasteiger partial charge in [0.25, 0.3) is 35.0 Å². The van der Waals surface area contributed by atoms with Crippen LogP contribution in [-0.4, -0.2) is 55.4 Å². The number of pyridine rings is 2. The number of hydrogen-bond donors (Lipinski definition) is 0. The number of esters is 2. The van der Waals surface area contributed by atoms with E-state index in [-0.39, 0.29) is 67.9 Å². The third-order valence-electron chi connectivity index (χ3n) is 8.93. The van der Waals surface area contributed by atoms with E-state index in [4.69, 9.17) is 14.2 Å². The Balaban J connectivity index is 0.904. The molecule has 6 aromatic rings. The fourth-order valence-electron chi connectivity index (χ4n) is 6.06. The van der Waals surface area contributed by atoms with Gasteiger partial charge in [0.05, 0.1) is 54.6 Å². The van der Waals surface area contributed by atoms with Crippen molar-refractivity contribution in [3.8, 4) is 23.3 Å². The highest BCUT2D eigenvalue weighted by atomic mass is 16.6. The SMILES string of the molecule is O=C(Oc1ccc([N+](=O)[O-])cn1)c1ccc2c(c1)C(=O)N(c1ccc(Oc3ccc(N4C(=O)c5ccc(C(=O)Oc6ccc([N+](=O)[O-])cn6)cc5C4=O)cc3)cc1)C2=O. The van der Waals surface area contributed by atoms with E-state index in [9.17, 15) is 49.0 Å². The molecule has 0 unspecified atom stereocenters.